The molecule has 1 aromatic heterocycles. The van der Waals surface area contributed by atoms with Gasteiger partial charge < -0.3 is 0 Å². The van der Waals surface area contributed by atoms with Crippen LogP contribution >= 0.6 is 11.6 Å². The van der Waals surface area contributed by atoms with E-state index in [0.717, 1.165) is 19.3 Å². The molecule has 0 aromatic carbocycles. The monoisotopic (exact) mass is 228 g/mol. The number of unbranched alkanes of at least 4 members (excludes halogenated alkanes) is 3. The molecular formula is C11H17ClN2O. The maximum atomic E-state index is 10.7. The van der Waals surface area contributed by atoms with Crippen molar-refractivity contribution in [2.45, 2.75) is 46.1 Å². The minimum absolute atomic E-state index is 0.471. The number of carbonyl (C=O) groups excluding carboxylic acids is 1. The van der Waals surface area contributed by atoms with E-state index in [1.54, 1.807) is 11.6 Å². The van der Waals surface area contributed by atoms with Crippen LogP contribution < -0.4 is 0 Å². The maximum Gasteiger partial charge on any atom is 0.155 e. The zero-order chi connectivity index (χ0) is 11.3. The Morgan fingerprint density at radius 1 is 1.40 bits per heavy atom. The Hall–Kier alpha value is -0.830. The molecule has 84 valence electrons. The molecule has 0 aliphatic carbocycles. The highest BCUT2D eigenvalue weighted by Crippen LogP contribution is 2.18. The van der Waals surface area contributed by atoms with Crippen LogP contribution in [0.3, 0.4) is 0 Å². The minimum atomic E-state index is 0.471. The van der Waals surface area contributed by atoms with Crippen LogP contribution in [0.2, 0.25) is 5.15 Å². The SMILES string of the molecule is CCCCCCn1nc(C)c(C=O)c1Cl. The Morgan fingerprint density at radius 2 is 2.13 bits per heavy atom. The van der Waals surface area contributed by atoms with Gasteiger partial charge in [0.25, 0.3) is 0 Å². The Kier molecular flexibility index (Phi) is 4.82. The van der Waals surface area contributed by atoms with E-state index in [2.05, 4.69) is 12.0 Å². The molecule has 15 heavy (non-hydrogen) atoms. The molecule has 1 aromatic rings. The van der Waals surface area contributed by atoms with Crippen LogP contribution in [-0.4, -0.2) is 16.1 Å². The third-order valence-electron chi connectivity index (χ3n) is 2.45. The summed E-state index contributed by atoms with van der Waals surface area (Å²) in [6, 6.07) is 0. The Morgan fingerprint density at radius 3 is 2.67 bits per heavy atom. The van der Waals surface area contributed by atoms with Crippen molar-refractivity contribution in [2.75, 3.05) is 0 Å². The smallest absolute Gasteiger partial charge is 0.155 e. The van der Waals surface area contributed by atoms with Gasteiger partial charge in [0.1, 0.15) is 5.15 Å². The van der Waals surface area contributed by atoms with Gasteiger partial charge in [0.2, 0.25) is 0 Å². The first-order valence-electron chi connectivity index (χ1n) is 5.38. The number of nitrogens with zero attached hydrogens (tertiary/aromatic N) is 2. The lowest BCUT2D eigenvalue weighted by atomic mass is 10.2. The molecule has 0 saturated carbocycles. The van der Waals surface area contributed by atoms with Gasteiger partial charge in [-0.25, -0.2) is 0 Å². The summed E-state index contributed by atoms with van der Waals surface area (Å²) in [6.07, 6.45) is 5.46. The van der Waals surface area contributed by atoms with Crippen molar-refractivity contribution in [3.05, 3.63) is 16.4 Å². The standard InChI is InChI=1S/C11H17ClN2O/c1-3-4-5-6-7-14-11(12)10(8-15)9(2)13-14/h8H,3-7H2,1-2H3. The summed E-state index contributed by atoms with van der Waals surface area (Å²) in [5.74, 6) is 0. The first-order chi connectivity index (χ1) is 7.20. The number of hydrogen-bond acceptors (Lipinski definition) is 2. The van der Waals surface area contributed by atoms with Crippen molar-refractivity contribution in [3.63, 3.8) is 0 Å². The molecule has 1 rings (SSSR count). The highest BCUT2D eigenvalue weighted by Gasteiger charge is 2.11. The van der Waals surface area contributed by atoms with Crippen LogP contribution in [0.5, 0.6) is 0 Å². The topological polar surface area (TPSA) is 34.9 Å². The van der Waals surface area contributed by atoms with Gasteiger partial charge in [-0.15, -0.1) is 0 Å². The van der Waals surface area contributed by atoms with Gasteiger partial charge in [0, 0.05) is 6.54 Å². The number of hydrogen-bond donors (Lipinski definition) is 0. The van der Waals surface area contributed by atoms with Crippen molar-refractivity contribution in [1.82, 2.24) is 9.78 Å². The van der Waals surface area contributed by atoms with Gasteiger partial charge in [0.05, 0.1) is 11.3 Å². The molecule has 0 radical (unpaired) electrons. The fourth-order valence-corrected chi connectivity index (χ4v) is 1.84. The van der Waals surface area contributed by atoms with Crippen LogP contribution in [-0.2, 0) is 6.54 Å². The number of carbonyl (C=O) groups is 1. The van der Waals surface area contributed by atoms with Crippen LogP contribution in [0.4, 0.5) is 0 Å². The summed E-state index contributed by atoms with van der Waals surface area (Å²) in [5, 5.41) is 4.70. The zero-order valence-electron chi connectivity index (χ0n) is 9.29. The number of rotatable bonds is 6. The number of aryl methyl sites for hydroxylation is 2. The minimum Gasteiger partial charge on any atom is -0.298 e. The normalized spacial score (nSPS) is 10.6. The Bertz CT molecular complexity index is 334. The molecule has 0 atom stereocenters. The number of aldehydes is 1. The molecule has 0 fully saturated rings. The lowest BCUT2D eigenvalue weighted by molar-refractivity contribution is 0.112. The van der Waals surface area contributed by atoms with Crippen LogP contribution in [0, 0.1) is 6.92 Å². The van der Waals surface area contributed by atoms with Gasteiger partial charge in [-0.05, 0) is 13.3 Å². The number of aromatic nitrogens is 2. The van der Waals surface area contributed by atoms with Crippen LogP contribution in [0.1, 0.15) is 48.7 Å². The Labute approximate surface area is 95.4 Å². The molecule has 4 heteroatoms. The number of halogens is 1. The zero-order valence-corrected chi connectivity index (χ0v) is 10.0. The molecule has 0 N–H and O–H groups in total. The second-order valence-corrected chi connectivity index (χ2v) is 4.05. The summed E-state index contributed by atoms with van der Waals surface area (Å²) < 4.78 is 1.72. The van der Waals surface area contributed by atoms with Crippen molar-refractivity contribution in [3.8, 4) is 0 Å². The molecule has 0 spiro atoms. The first kappa shape index (κ1) is 12.2. The molecular weight excluding hydrogens is 212 g/mol. The van der Waals surface area contributed by atoms with E-state index in [1.807, 2.05) is 0 Å². The quantitative estimate of drug-likeness (QED) is 0.554. The molecule has 0 aliphatic heterocycles. The maximum absolute atomic E-state index is 10.7. The molecule has 0 unspecified atom stereocenters. The highest BCUT2D eigenvalue weighted by molar-refractivity contribution is 6.32. The van der Waals surface area contributed by atoms with Gasteiger partial charge in [-0.3, -0.25) is 9.48 Å². The molecule has 0 aliphatic rings. The van der Waals surface area contributed by atoms with Crippen LogP contribution in [0.25, 0.3) is 0 Å². The predicted molar refractivity (Wildman–Crippen MR) is 61.5 cm³/mol. The first-order valence-corrected chi connectivity index (χ1v) is 5.76. The van der Waals surface area contributed by atoms with E-state index >= 15 is 0 Å². The van der Waals surface area contributed by atoms with E-state index < -0.39 is 0 Å². The summed E-state index contributed by atoms with van der Waals surface area (Å²) in [6.45, 7) is 4.78. The van der Waals surface area contributed by atoms with Gasteiger partial charge >= 0.3 is 0 Å². The van der Waals surface area contributed by atoms with E-state index in [4.69, 9.17) is 11.6 Å². The summed E-state index contributed by atoms with van der Waals surface area (Å²) in [7, 11) is 0. The van der Waals surface area contributed by atoms with Gasteiger partial charge in [-0.2, -0.15) is 5.10 Å². The molecule has 0 amide bonds. The summed E-state index contributed by atoms with van der Waals surface area (Å²) in [5.41, 5.74) is 1.23. The lowest BCUT2D eigenvalue weighted by Gasteiger charge is -2.02. The van der Waals surface area contributed by atoms with Gasteiger partial charge in [-0.1, -0.05) is 37.8 Å². The van der Waals surface area contributed by atoms with Gasteiger partial charge in [0.15, 0.2) is 6.29 Å². The van der Waals surface area contributed by atoms with E-state index in [9.17, 15) is 4.79 Å². The molecule has 3 nitrogen and oxygen atoms in total. The van der Waals surface area contributed by atoms with Crippen molar-refractivity contribution >= 4 is 17.9 Å². The summed E-state index contributed by atoms with van der Waals surface area (Å²) in [4.78, 5) is 10.7. The average molecular weight is 229 g/mol. The van der Waals surface area contributed by atoms with Crippen molar-refractivity contribution in [2.24, 2.45) is 0 Å². The van der Waals surface area contributed by atoms with Crippen LogP contribution in [0.15, 0.2) is 0 Å². The van der Waals surface area contributed by atoms with E-state index in [0.29, 0.717) is 16.4 Å². The predicted octanol–water partition coefficient (Wildman–Crippen LogP) is 3.24. The molecule has 0 saturated heterocycles. The fourth-order valence-electron chi connectivity index (χ4n) is 1.54. The second-order valence-electron chi connectivity index (χ2n) is 3.69. The largest absolute Gasteiger partial charge is 0.298 e. The van der Waals surface area contributed by atoms with Crippen molar-refractivity contribution in [1.29, 1.82) is 0 Å². The van der Waals surface area contributed by atoms with E-state index in [-0.39, 0.29) is 0 Å². The second kappa shape index (κ2) is 5.91. The summed E-state index contributed by atoms with van der Waals surface area (Å²) >= 11 is 6.01. The fraction of sp³-hybridized carbons (Fsp3) is 0.636. The average Bonchev–Trinajstić information content (AvgIpc) is 2.49. The molecule has 0 bridgehead atoms. The van der Waals surface area contributed by atoms with Crippen molar-refractivity contribution < 1.29 is 4.79 Å². The molecule has 1 heterocycles. The Balaban J connectivity index is 2.58. The van der Waals surface area contributed by atoms with E-state index in [1.165, 1.54) is 19.3 Å². The third kappa shape index (κ3) is 3.06. The highest BCUT2D eigenvalue weighted by atomic mass is 35.5. The lowest BCUT2D eigenvalue weighted by Crippen LogP contribution is -2.00. The third-order valence-corrected chi connectivity index (χ3v) is 2.85.